The minimum Gasteiger partial charge on any atom is -0.291 e. The molecule has 12 heavy (non-hydrogen) atoms. The Morgan fingerprint density at radius 2 is 1.25 bits per heavy atom. The highest BCUT2D eigenvalue weighted by Gasteiger charge is 2.11. The van der Waals surface area contributed by atoms with Gasteiger partial charge in [0.2, 0.25) is 0 Å². The van der Waals surface area contributed by atoms with Gasteiger partial charge in [0.25, 0.3) is 0 Å². The van der Waals surface area contributed by atoms with Crippen LogP contribution in [0, 0.1) is 0 Å². The van der Waals surface area contributed by atoms with Gasteiger partial charge in [-0.1, -0.05) is 13.8 Å². The lowest BCUT2D eigenvalue weighted by Crippen LogP contribution is -2.43. The Morgan fingerprint density at radius 3 is 1.50 bits per heavy atom. The van der Waals surface area contributed by atoms with E-state index in [4.69, 9.17) is 0 Å². The van der Waals surface area contributed by atoms with Crippen LogP contribution < -0.4 is 0 Å². The molecule has 2 heteroatoms. The zero-order valence-electron chi connectivity index (χ0n) is 9.30. The molecule has 0 saturated carbocycles. The molecule has 0 fully saturated rings. The van der Waals surface area contributed by atoms with Gasteiger partial charge in [-0.3, -0.25) is 9.80 Å². The lowest BCUT2D eigenvalue weighted by atomic mass is 10.3. The van der Waals surface area contributed by atoms with Crippen LogP contribution in [0.5, 0.6) is 0 Å². The maximum atomic E-state index is 2.40. The first-order valence-electron chi connectivity index (χ1n) is 5.03. The van der Waals surface area contributed by atoms with Crippen LogP contribution in [0.15, 0.2) is 0 Å². The first-order valence-corrected chi connectivity index (χ1v) is 5.03. The van der Waals surface area contributed by atoms with E-state index in [0.29, 0.717) is 6.17 Å². The van der Waals surface area contributed by atoms with Crippen LogP contribution >= 0.6 is 0 Å². The highest BCUT2D eigenvalue weighted by Crippen LogP contribution is 2.02. The van der Waals surface area contributed by atoms with Crippen molar-refractivity contribution in [2.75, 3.05) is 27.2 Å². The van der Waals surface area contributed by atoms with Gasteiger partial charge in [-0.15, -0.1) is 0 Å². The maximum absolute atomic E-state index is 2.40. The molecule has 0 heterocycles. The second-order valence-electron chi connectivity index (χ2n) is 3.59. The lowest BCUT2D eigenvalue weighted by Gasteiger charge is -2.32. The van der Waals surface area contributed by atoms with Gasteiger partial charge in [0.05, 0.1) is 6.17 Å². The maximum Gasteiger partial charge on any atom is 0.0588 e. The van der Waals surface area contributed by atoms with Crippen LogP contribution in [-0.4, -0.2) is 43.2 Å². The zero-order valence-corrected chi connectivity index (χ0v) is 9.30. The van der Waals surface area contributed by atoms with Crippen molar-refractivity contribution in [2.45, 2.75) is 39.8 Å². The Hall–Kier alpha value is -0.0800. The molecular weight excluding hydrogens is 148 g/mol. The predicted molar refractivity (Wildman–Crippen MR) is 55.3 cm³/mol. The van der Waals surface area contributed by atoms with Gasteiger partial charge in [-0.2, -0.15) is 0 Å². The summed E-state index contributed by atoms with van der Waals surface area (Å²) in [5.74, 6) is 0. The van der Waals surface area contributed by atoms with Crippen molar-refractivity contribution in [3.05, 3.63) is 0 Å². The molecule has 74 valence electrons. The molecule has 0 saturated heterocycles. The van der Waals surface area contributed by atoms with Gasteiger partial charge in [0.15, 0.2) is 0 Å². The molecule has 0 aromatic heterocycles. The van der Waals surface area contributed by atoms with E-state index in [0.717, 1.165) is 0 Å². The van der Waals surface area contributed by atoms with Crippen LogP contribution in [0.4, 0.5) is 0 Å². The van der Waals surface area contributed by atoms with Crippen LogP contribution in [0.25, 0.3) is 0 Å². The zero-order chi connectivity index (χ0) is 9.56. The van der Waals surface area contributed by atoms with Crippen LogP contribution in [0.2, 0.25) is 0 Å². The monoisotopic (exact) mass is 172 g/mol. The lowest BCUT2D eigenvalue weighted by molar-refractivity contribution is 0.0979. The van der Waals surface area contributed by atoms with Crippen molar-refractivity contribution < 1.29 is 0 Å². The molecule has 0 aliphatic rings. The predicted octanol–water partition coefficient (Wildman–Crippen LogP) is 2.02. The Kier molecular flexibility index (Phi) is 6.39. The third-order valence-corrected chi connectivity index (χ3v) is 2.43. The molecular formula is C10H24N2. The molecule has 0 spiro atoms. The molecule has 0 aliphatic heterocycles. The molecule has 0 rings (SSSR count). The fraction of sp³-hybridized carbons (Fsp3) is 1.00. The van der Waals surface area contributed by atoms with Crippen molar-refractivity contribution in [1.29, 1.82) is 0 Å². The van der Waals surface area contributed by atoms with Gasteiger partial charge >= 0.3 is 0 Å². The van der Waals surface area contributed by atoms with Crippen molar-refractivity contribution in [3.8, 4) is 0 Å². The average molecular weight is 172 g/mol. The Bertz CT molecular complexity index is 92.0. The second-order valence-corrected chi connectivity index (χ2v) is 3.59. The largest absolute Gasteiger partial charge is 0.291 e. The van der Waals surface area contributed by atoms with Gasteiger partial charge in [-0.05, 0) is 47.0 Å². The third-order valence-electron chi connectivity index (χ3n) is 2.43. The highest BCUT2D eigenvalue weighted by atomic mass is 15.3. The molecule has 0 atom stereocenters. The van der Waals surface area contributed by atoms with Crippen molar-refractivity contribution in [3.63, 3.8) is 0 Å². The van der Waals surface area contributed by atoms with Crippen molar-refractivity contribution in [2.24, 2.45) is 0 Å². The summed E-state index contributed by atoms with van der Waals surface area (Å²) < 4.78 is 0. The van der Waals surface area contributed by atoms with E-state index in [9.17, 15) is 0 Å². The summed E-state index contributed by atoms with van der Waals surface area (Å²) in [6.45, 7) is 9.10. The molecule has 0 radical (unpaired) electrons. The summed E-state index contributed by atoms with van der Waals surface area (Å²) in [5.41, 5.74) is 0. The third kappa shape index (κ3) is 4.07. The van der Waals surface area contributed by atoms with Gasteiger partial charge in [0.1, 0.15) is 0 Å². The Balaban J connectivity index is 3.73. The normalized spacial score (nSPS) is 12.0. The molecule has 0 amide bonds. The molecule has 0 aromatic rings. The van der Waals surface area contributed by atoms with Gasteiger partial charge < -0.3 is 0 Å². The smallest absolute Gasteiger partial charge is 0.0588 e. The van der Waals surface area contributed by atoms with E-state index in [1.165, 1.54) is 25.9 Å². The summed E-state index contributed by atoms with van der Waals surface area (Å²) in [5, 5.41) is 0. The number of rotatable bonds is 6. The van der Waals surface area contributed by atoms with Crippen molar-refractivity contribution >= 4 is 0 Å². The van der Waals surface area contributed by atoms with E-state index < -0.39 is 0 Å². The quantitative estimate of drug-likeness (QED) is 0.566. The number of hydrogen-bond donors (Lipinski definition) is 0. The van der Waals surface area contributed by atoms with E-state index in [1.54, 1.807) is 0 Å². The first kappa shape index (κ1) is 11.9. The molecule has 0 unspecified atom stereocenters. The molecule has 0 bridgehead atoms. The second kappa shape index (κ2) is 6.44. The Morgan fingerprint density at radius 1 is 0.917 bits per heavy atom. The van der Waals surface area contributed by atoms with Crippen LogP contribution in [-0.2, 0) is 0 Å². The van der Waals surface area contributed by atoms with E-state index >= 15 is 0 Å². The summed E-state index contributed by atoms with van der Waals surface area (Å²) in [6.07, 6.45) is 3.05. The summed E-state index contributed by atoms with van der Waals surface area (Å²) >= 11 is 0. The minimum atomic E-state index is 0.574. The van der Waals surface area contributed by atoms with E-state index in [1.807, 2.05) is 0 Å². The molecule has 2 nitrogen and oxygen atoms in total. The molecule has 0 aliphatic carbocycles. The minimum absolute atomic E-state index is 0.574. The van der Waals surface area contributed by atoms with Crippen LogP contribution in [0.1, 0.15) is 33.6 Å². The summed E-state index contributed by atoms with van der Waals surface area (Å²) in [4.78, 5) is 4.80. The Labute approximate surface area is 77.5 Å². The number of hydrogen-bond acceptors (Lipinski definition) is 2. The number of nitrogens with zero attached hydrogens (tertiary/aromatic N) is 2. The first-order chi connectivity index (χ1) is 5.63. The fourth-order valence-electron chi connectivity index (χ4n) is 1.42. The summed E-state index contributed by atoms with van der Waals surface area (Å²) in [6, 6.07) is 0. The van der Waals surface area contributed by atoms with E-state index in [-0.39, 0.29) is 0 Å². The standard InChI is InChI=1S/C10H24N2/c1-6-8-11(4)10(3)12(5)9-7-2/h10H,6-9H2,1-5H3. The molecule has 0 aromatic carbocycles. The van der Waals surface area contributed by atoms with Gasteiger partial charge in [0, 0.05) is 0 Å². The molecule has 0 N–H and O–H groups in total. The van der Waals surface area contributed by atoms with Crippen molar-refractivity contribution in [1.82, 2.24) is 9.80 Å². The average Bonchev–Trinajstić information content (AvgIpc) is 2.04. The topological polar surface area (TPSA) is 6.48 Å². The van der Waals surface area contributed by atoms with Gasteiger partial charge in [-0.25, -0.2) is 0 Å². The highest BCUT2D eigenvalue weighted by molar-refractivity contribution is 4.62. The summed E-state index contributed by atoms with van der Waals surface area (Å²) in [7, 11) is 4.39. The fourth-order valence-corrected chi connectivity index (χ4v) is 1.42. The SMILES string of the molecule is CCCN(C)C(C)N(C)CCC. The van der Waals surface area contributed by atoms with E-state index in [2.05, 4.69) is 44.7 Å². The van der Waals surface area contributed by atoms with Crippen LogP contribution in [0.3, 0.4) is 0 Å².